The topological polar surface area (TPSA) is 75.5 Å². The molecule has 0 fully saturated rings. The number of amidine groups is 1. The number of hydrogen-bond acceptors (Lipinski definition) is 7. The van der Waals surface area contributed by atoms with Crippen molar-refractivity contribution in [2.75, 3.05) is 13.1 Å². The Morgan fingerprint density at radius 3 is 2.39 bits per heavy atom. The van der Waals surface area contributed by atoms with Crippen LogP contribution in [0.3, 0.4) is 0 Å². The van der Waals surface area contributed by atoms with Crippen molar-refractivity contribution in [1.82, 2.24) is 20.7 Å². The zero-order chi connectivity index (χ0) is 23.0. The SMILES string of the molecule is CC(C)(C)c1ccc(C2=NC3=CC(O)NN3C(NCCCN3Cc4ccccc4C3)=N2)cc1. The molecule has 33 heavy (non-hydrogen) atoms. The maximum atomic E-state index is 10.1. The molecule has 3 heterocycles. The molecule has 1 unspecified atom stereocenters. The molecule has 172 valence electrons. The summed E-state index contributed by atoms with van der Waals surface area (Å²) < 4.78 is 0. The van der Waals surface area contributed by atoms with Crippen molar-refractivity contribution < 1.29 is 5.11 Å². The van der Waals surface area contributed by atoms with E-state index in [1.54, 1.807) is 11.1 Å². The van der Waals surface area contributed by atoms with E-state index in [0.29, 0.717) is 17.6 Å². The van der Waals surface area contributed by atoms with Gasteiger partial charge in [-0.05, 0) is 28.5 Å². The second-order valence-electron chi connectivity index (χ2n) is 9.89. The Balaban J connectivity index is 1.24. The minimum Gasteiger partial charge on any atom is -0.373 e. The highest BCUT2D eigenvalue weighted by molar-refractivity contribution is 6.08. The summed E-state index contributed by atoms with van der Waals surface area (Å²) >= 11 is 0. The van der Waals surface area contributed by atoms with Gasteiger partial charge in [0.1, 0.15) is 6.23 Å². The predicted octanol–water partition coefficient (Wildman–Crippen LogP) is 3.08. The molecular weight excluding hydrogens is 412 g/mol. The van der Waals surface area contributed by atoms with Crippen molar-refractivity contribution in [3.05, 3.63) is 82.7 Å². The molecule has 3 N–H and O–H groups in total. The van der Waals surface area contributed by atoms with Crippen LogP contribution in [-0.2, 0) is 18.5 Å². The normalized spacial score (nSPS) is 20.2. The van der Waals surface area contributed by atoms with Crippen LogP contribution in [0.4, 0.5) is 0 Å². The molecule has 0 aliphatic carbocycles. The number of benzene rings is 2. The average Bonchev–Trinajstić information content (AvgIpc) is 3.38. The van der Waals surface area contributed by atoms with Gasteiger partial charge >= 0.3 is 0 Å². The van der Waals surface area contributed by atoms with E-state index in [1.807, 2.05) is 0 Å². The fourth-order valence-electron chi connectivity index (χ4n) is 4.42. The molecule has 7 nitrogen and oxygen atoms in total. The van der Waals surface area contributed by atoms with E-state index in [2.05, 4.69) is 89.9 Å². The van der Waals surface area contributed by atoms with Gasteiger partial charge in [-0.3, -0.25) is 4.90 Å². The fraction of sp³-hybridized carbons (Fsp3) is 0.385. The quantitative estimate of drug-likeness (QED) is 0.618. The summed E-state index contributed by atoms with van der Waals surface area (Å²) in [6.07, 6.45) is 1.91. The molecule has 0 aromatic heterocycles. The summed E-state index contributed by atoms with van der Waals surface area (Å²) in [6, 6.07) is 17.1. The van der Waals surface area contributed by atoms with Crippen LogP contribution < -0.4 is 10.7 Å². The van der Waals surface area contributed by atoms with Gasteiger partial charge in [0, 0.05) is 37.8 Å². The summed E-state index contributed by atoms with van der Waals surface area (Å²) in [6.45, 7) is 10.4. The first-order chi connectivity index (χ1) is 15.9. The number of hydrogen-bond donors (Lipinski definition) is 3. The molecule has 3 aliphatic heterocycles. The van der Waals surface area contributed by atoms with Crippen molar-refractivity contribution >= 4 is 11.8 Å². The van der Waals surface area contributed by atoms with Gasteiger partial charge in [-0.2, -0.15) is 10.4 Å². The third-order valence-corrected chi connectivity index (χ3v) is 6.29. The molecule has 3 aliphatic rings. The van der Waals surface area contributed by atoms with Gasteiger partial charge in [0.15, 0.2) is 11.7 Å². The van der Waals surface area contributed by atoms with E-state index >= 15 is 0 Å². The van der Waals surface area contributed by atoms with Crippen molar-refractivity contribution in [2.45, 2.75) is 51.9 Å². The van der Waals surface area contributed by atoms with E-state index in [4.69, 9.17) is 4.99 Å². The second-order valence-corrected chi connectivity index (χ2v) is 9.89. The highest BCUT2D eigenvalue weighted by Gasteiger charge is 2.29. The summed E-state index contributed by atoms with van der Waals surface area (Å²) in [5.74, 6) is 1.96. The molecular formula is C26H32N6O. The second kappa shape index (κ2) is 8.74. The number of rotatable bonds is 5. The standard InChI is InChI=1S/C26H32N6O/c1-26(2,3)21-11-9-18(10-12-21)24-28-22-15-23(33)30-32(22)25(29-24)27-13-6-14-31-16-19-7-4-5-8-20(19)17-31/h4-5,7-12,15,23,30,33H,6,13-14,16-17H2,1-3H3,(H,27,28,29). The third-order valence-electron chi connectivity index (χ3n) is 6.29. The highest BCUT2D eigenvalue weighted by atomic mass is 16.3. The van der Waals surface area contributed by atoms with Gasteiger partial charge in [-0.25, -0.2) is 10.0 Å². The molecule has 0 spiro atoms. The Kier molecular flexibility index (Phi) is 5.78. The number of aliphatic hydroxyl groups excluding tert-OH is 1. The van der Waals surface area contributed by atoms with Crippen LogP contribution in [-0.4, -0.2) is 46.1 Å². The number of nitrogens with one attached hydrogen (secondary N) is 2. The monoisotopic (exact) mass is 444 g/mol. The summed E-state index contributed by atoms with van der Waals surface area (Å²) in [4.78, 5) is 11.9. The van der Waals surface area contributed by atoms with Crippen molar-refractivity contribution in [1.29, 1.82) is 0 Å². The lowest BCUT2D eigenvalue weighted by Gasteiger charge is -2.27. The number of fused-ring (bicyclic) bond motifs is 2. The highest BCUT2D eigenvalue weighted by Crippen LogP contribution is 2.25. The molecule has 0 amide bonds. The lowest BCUT2D eigenvalue weighted by atomic mass is 9.86. The van der Waals surface area contributed by atoms with Crippen molar-refractivity contribution in [2.24, 2.45) is 9.98 Å². The number of aliphatic imine (C=N–C) groups is 2. The van der Waals surface area contributed by atoms with Crippen LogP contribution in [0, 0.1) is 0 Å². The van der Waals surface area contributed by atoms with Crippen molar-refractivity contribution in [3.63, 3.8) is 0 Å². The maximum Gasteiger partial charge on any atom is 0.221 e. The first-order valence-electron chi connectivity index (χ1n) is 11.6. The minimum absolute atomic E-state index is 0.0956. The van der Waals surface area contributed by atoms with Crippen LogP contribution in [0.1, 0.15) is 49.4 Å². The Morgan fingerprint density at radius 1 is 1.03 bits per heavy atom. The Hall–Kier alpha value is -3.00. The first kappa shape index (κ1) is 21.8. The predicted molar refractivity (Wildman–Crippen MR) is 131 cm³/mol. The van der Waals surface area contributed by atoms with E-state index in [0.717, 1.165) is 38.2 Å². The van der Waals surface area contributed by atoms with E-state index in [-0.39, 0.29) is 5.41 Å². The summed E-state index contributed by atoms with van der Waals surface area (Å²) in [7, 11) is 0. The largest absolute Gasteiger partial charge is 0.373 e. The maximum absolute atomic E-state index is 10.1. The van der Waals surface area contributed by atoms with Gasteiger partial charge in [0.2, 0.25) is 5.96 Å². The van der Waals surface area contributed by atoms with E-state index in [1.165, 1.54) is 16.7 Å². The van der Waals surface area contributed by atoms with E-state index < -0.39 is 6.23 Å². The molecule has 5 rings (SSSR count). The number of hydrazine groups is 1. The Bertz CT molecular complexity index is 1090. The zero-order valence-corrected chi connectivity index (χ0v) is 19.5. The molecule has 0 radical (unpaired) electrons. The molecule has 0 bridgehead atoms. The number of nitrogens with zero attached hydrogens (tertiary/aromatic N) is 4. The van der Waals surface area contributed by atoms with Crippen LogP contribution in [0.15, 0.2) is 70.4 Å². The van der Waals surface area contributed by atoms with Gasteiger partial charge < -0.3 is 10.4 Å². The molecule has 0 saturated heterocycles. The molecule has 2 aromatic rings. The van der Waals surface area contributed by atoms with Gasteiger partial charge in [0.25, 0.3) is 0 Å². The van der Waals surface area contributed by atoms with Crippen LogP contribution in [0.5, 0.6) is 0 Å². The molecule has 1 atom stereocenters. The summed E-state index contributed by atoms with van der Waals surface area (Å²) in [5, 5.41) is 15.2. The number of guanidine groups is 1. The summed E-state index contributed by atoms with van der Waals surface area (Å²) in [5.41, 5.74) is 8.18. The molecule has 0 saturated carbocycles. The first-order valence-corrected chi connectivity index (χ1v) is 11.6. The Morgan fingerprint density at radius 2 is 1.73 bits per heavy atom. The fourth-order valence-corrected chi connectivity index (χ4v) is 4.42. The van der Waals surface area contributed by atoms with Crippen LogP contribution in [0.2, 0.25) is 0 Å². The lowest BCUT2D eigenvalue weighted by molar-refractivity contribution is 0.148. The van der Waals surface area contributed by atoms with Gasteiger partial charge in [-0.1, -0.05) is 69.3 Å². The van der Waals surface area contributed by atoms with Gasteiger partial charge in [0.05, 0.1) is 0 Å². The van der Waals surface area contributed by atoms with Crippen LogP contribution >= 0.6 is 0 Å². The smallest absolute Gasteiger partial charge is 0.221 e. The minimum atomic E-state index is -0.776. The van der Waals surface area contributed by atoms with Crippen molar-refractivity contribution in [3.8, 4) is 0 Å². The average molecular weight is 445 g/mol. The Labute approximate surface area is 195 Å². The third kappa shape index (κ3) is 4.71. The van der Waals surface area contributed by atoms with E-state index in [9.17, 15) is 5.11 Å². The number of aliphatic hydroxyl groups is 1. The van der Waals surface area contributed by atoms with Crippen LogP contribution in [0.25, 0.3) is 0 Å². The molecule has 2 aromatic carbocycles. The zero-order valence-electron chi connectivity index (χ0n) is 19.5. The van der Waals surface area contributed by atoms with Gasteiger partial charge in [-0.15, -0.1) is 0 Å². The lowest BCUT2D eigenvalue weighted by Crippen LogP contribution is -2.49. The molecule has 7 heteroatoms.